The number of carbonyl (C=O) groups excluding carboxylic acids is 1. The number of carboxylic acid groups (broad SMARTS) is 1. The van der Waals surface area contributed by atoms with Gasteiger partial charge in [0.1, 0.15) is 0 Å². The second-order valence-corrected chi connectivity index (χ2v) is 5.44. The quantitative estimate of drug-likeness (QED) is 0.838. The molecule has 1 aromatic rings. The first-order valence-electron chi connectivity index (χ1n) is 6.94. The summed E-state index contributed by atoms with van der Waals surface area (Å²) in [5.74, 6) is -0.485. The molecule has 122 valence electrons. The maximum atomic E-state index is 12.2. The van der Waals surface area contributed by atoms with Gasteiger partial charge >= 0.3 is 5.97 Å². The minimum atomic E-state index is -1.09. The summed E-state index contributed by atoms with van der Waals surface area (Å²) in [4.78, 5) is 24.7. The second-order valence-electron chi connectivity index (χ2n) is 5.03. The lowest BCUT2D eigenvalue weighted by Gasteiger charge is -2.31. The van der Waals surface area contributed by atoms with Crippen molar-refractivity contribution in [3.05, 3.63) is 28.8 Å². The third-order valence-corrected chi connectivity index (χ3v) is 3.85. The largest absolute Gasteiger partial charge is 0.480 e. The molecule has 0 aromatic heterocycles. The average Bonchev–Trinajstić information content (AvgIpc) is 3.01. The number of nitrogens with zero attached hydrogens (tertiary/aromatic N) is 1. The zero-order valence-electron chi connectivity index (χ0n) is 12.0. The highest BCUT2D eigenvalue weighted by atomic mass is 35.5. The van der Waals surface area contributed by atoms with Crippen LogP contribution in [0.15, 0.2) is 18.2 Å². The van der Waals surface area contributed by atoms with E-state index < -0.39 is 17.9 Å². The lowest BCUT2D eigenvalue weighted by atomic mass is 10.1. The van der Waals surface area contributed by atoms with Crippen molar-refractivity contribution in [2.75, 3.05) is 26.6 Å². The van der Waals surface area contributed by atoms with E-state index >= 15 is 0 Å². The van der Waals surface area contributed by atoms with Crippen molar-refractivity contribution in [2.45, 2.75) is 6.04 Å². The maximum absolute atomic E-state index is 12.2. The predicted octanol–water partition coefficient (Wildman–Crippen LogP) is 1.39. The molecule has 7 nitrogen and oxygen atoms in total. The Labute approximate surface area is 137 Å². The molecule has 1 N–H and O–H groups in total. The molecule has 8 heteroatoms. The third-order valence-electron chi connectivity index (χ3n) is 3.56. The molecule has 0 spiro atoms. The van der Waals surface area contributed by atoms with Gasteiger partial charge in [-0.2, -0.15) is 0 Å². The van der Waals surface area contributed by atoms with Gasteiger partial charge in [0.15, 0.2) is 17.5 Å². The molecular weight excluding hydrogens is 326 g/mol. The number of halogens is 1. The lowest BCUT2D eigenvalue weighted by Crippen LogP contribution is -2.52. The highest BCUT2D eigenvalue weighted by molar-refractivity contribution is 6.32. The lowest BCUT2D eigenvalue weighted by molar-refractivity contribution is -0.156. The molecule has 1 aromatic carbocycles. The summed E-state index contributed by atoms with van der Waals surface area (Å²) in [5.41, 5.74) is 0.660. The van der Waals surface area contributed by atoms with E-state index in [1.807, 2.05) is 0 Å². The third kappa shape index (κ3) is 3.25. The fourth-order valence-corrected chi connectivity index (χ4v) is 2.69. The highest BCUT2D eigenvalue weighted by Gasteiger charge is 2.31. The molecule has 1 saturated heterocycles. The minimum Gasteiger partial charge on any atom is -0.480 e. The van der Waals surface area contributed by atoms with Crippen LogP contribution >= 0.6 is 11.6 Å². The number of fused-ring (bicyclic) bond motifs is 1. The van der Waals surface area contributed by atoms with Crippen LogP contribution in [0.25, 0.3) is 6.08 Å². The van der Waals surface area contributed by atoms with Gasteiger partial charge in [0.05, 0.1) is 18.2 Å². The predicted molar refractivity (Wildman–Crippen MR) is 80.6 cm³/mol. The van der Waals surface area contributed by atoms with Crippen LogP contribution in [0.1, 0.15) is 5.56 Å². The van der Waals surface area contributed by atoms with Crippen LogP contribution < -0.4 is 9.47 Å². The van der Waals surface area contributed by atoms with Crippen LogP contribution in [0.5, 0.6) is 11.5 Å². The van der Waals surface area contributed by atoms with Crippen molar-refractivity contribution in [1.82, 2.24) is 4.90 Å². The van der Waals surface area contributed by atoms with E-state index in [0.717, 1.165) is 0 Å². The Hall–Kier alpha value is -2.25. The fraction of sp³-hybridized carbons (Fsp3) is 0.333. The number of benzene rings is 1. The van der Waals surface area contributed by atoms with Gasteiger partial charge in [0, 0.05) is 12.6 Å². The topological polar surface area (TPSA) is 85.3 Å². The number of carbonyl (C=O) groups is 2. The Bertz CT molecular complexity index is 674. The summed E-state index contributed by atoms with van der Waals surface area (Å²) in [6.45, 7) is 0.654. The molecule has 1 unspecified atom stereocenters. The Morgan fingerprint density at radius 2 is 2.17 bits per heavy atom. The monoisotopic (exact) mass is 339 g/mol. The number of aliphatic carboxylic acids is 1. The van der Waals surface area contributed by atoms with Crippen LogP contribution in [0.3, 0.4) is 0 Å². The number of amides is 1. The summed E-state index contributed by atoms with van der Waals surface area (Å²) in [7, 11) is 0. The van der Waals surface area contributed by atoms with Crippen molar-refractivity contribution in [1.29, 1.82) is 0 Å². The van der Waals surface area contributed by atoms with Crippen molar-refractivity contribution < 1.29 is 28.9 Å². The van der Waals surface area contributed by atoms with E-state index in [2.05, 4.69) is 0 Å². The van der Waals surface area contributed by atoms with Gasteiger partial charge in [-0.1, -0.05) is 11.6 Å². The first-order valence-corrected chi connectivity index (χ1v) is 7.32. The highest BCUT2D eigenvalue weighted by Crippen LogP contribution is 2.40. The Morgan fingerprint density at radius 1 is 1.35 bits per heavy atom. The van der Waals surface area contributed by atoms with E-state index in [1.54, 1.807) is 18.2 Å². The molecule has 1 atom stereocenters. The molecular formula is C15H14ClNO6. The molecule has 0 saturated carbocycles. The molecule has 2 heterocycles. The van der Waals surface area contributed by atoms with Crippen molar-refractivity contribution in [3.8, 4) is 11.5 Å². The Kier molecular flexibility index (Phi) is 4.40. The van der Waals surface area contributed by atoms with E-state index in [1.165, 1.54) is 11.0 Å². The van der Waals surface area contributed by atoms with E-state index in [4.69, 9.17) is 30.9 Å². The molecule has 0 aliphatic carbocycles. The summed E-state index contributed by atoms with van der Waals surface area (Å²) in [6, 6.07) is 2.37. The number of hydrogen-bond donors (Lipinski definition) is 1. The van der Waals surface area contributed by atoms with Crippen molar-refractivity contribution in [2.24, 2.45) is 0 Å². The standard InChI is InChI=1S/C15H14ClNO6/c16-10-5-9(6-12-14(10)23-8-22-12)1-2-13(18)17-3-4-21-7-11(17)15(19)20/h1-2,5-6,11H,3-4,7-8H2,(H,19,20)/b2-1+. The van der Waals surface area contributed by atoms with Crippen LogP contribution in [0.2, 0.25) is 5.02 Å². The number of morpholine rings is 1. The van der Waals surface area contributed by atoms with Crippen LogP contribution in [-0.4, -0.2) is 54.5 Å². The SMILES string of the molecule is O=C(O)C1COCCN1C(=O)/C=C/c1cc(Cl)c2c(c1)OCO2. The molecule has 2 aliphatic heterocycles. The number of ether oxygens (including phenoxy) is 3. The van der Waals surface area contributed by atoms with Crippen LogP contribution in [0.4, 0.5) is 0 Å². The van der Waals surface area contributed by atoms with Crippen LogP contribution in [0, 0.1) is 0 Å². The minimum absolute atomic E-state index is 0.00916. The molecule has 23 heavy (non-hydrogen) atoms. The number of carboxylic acids is 1. The summed E-state index contributed by atoms with van der Waals surface area (Å²) in [6.07, 6.45) is 2.87. The molecule has 0 radical (unpaired) electrons. The Morgan fingerprint density at radius 3 is 2.96 bits per heavy atom. The van der Waals surface area contributed by atoms with Crippen molar-refractivity contribution in [3.63, 3.8) is 0 Å². The number of hydrogen-bond acceptors (Lipinski definition) is 5. The van der Waals surface area contributed by atoms with Gasteiger partial charge in [-0.05, 0) is 23.8 Å². The first kappa shape index (κ1) is 15.6. The van der Waals surface area contributed by atoms with Gasteiger partial charge in [0.25, 0.3) is 0 Å². The molecule has 1 amide bonds. The average molecular weight is 340 g/mol. The molecule has 3 rings (SSSR count). The first-order chi connectivity index (χ1) is 11.1. The van der Waals surface area contributed by atoms with Crippen LogP contribution in [-0.2, 0) is 14.3 Å². The normalized spacial score (nSPS) is 20.0. The zero-order valence-corrected chi connectivity index (χ0v) is 12.8. The van der Waals surface area contributed by atoms with Gasteiger partial charge in [-0.3, -0.25) is 4.79 Å². The number of rotatable bonds is 3. The summed E-state index contributed by atoms with van der Waals surface area (Å²) in [5, 5.41) is 9.53. The van der Waals surface area contributed by atoms with Gasteiger partial charge in [-0.25, -0.2) is 4.79 Å². The Balaban J connectivity index is 1.75. The van der Waals surface area contributed by atoms with Gasteiger partial charge in [0.2, 0.25) is 12.7 Å². The smallest absolute Gasteiger partial charge is 0.328 e. The fourth-order valence-electron chi connectivity index (χ4n) is 2.42. The second kappa shape index (κ2) is 6.47. The van der Waals surface area contributed by atoms with Crippen molar-refractivity contribution >= 4 is 29.6 Å². The molecule has 1 fully saturated rings. The summed E-state index contributed by atoms with van der Waals surface area (Å²) < 4.78 is 15.6. The maximum Gasteiger partial charge on any atom is 0.328 e. The van der Waals surface area contributed by atoms with Gasteiger partial charge < -0.3 is 24.2 Å². The zero-order chi connectivity index (χ0) is 16.4. The summed E-state index contributed by atoms with van der Waals surface area (Å²) >= 11 is 6.08. The molecule has 2 aliphatic rings. The van der Waals surface area contributed by atoms with E-state index in [0.29, 0.717) is 28.7 Å². The van der Waals surface area contributed by atoms with Gasteiger partial charge in [-0.15, -0.1) is 0 Å². The van der Waals surface area contributed by atoms with E-state index in [9.17, 15) is 9.59 Å². The van der Waals surface area contributed by atoms with E-state index in [-0.39, 0.29) is 19.9 Å². The molecule has 0 bridgehead atoms.